The van der Waals surface area contributed by atoms with Gasteiger partial charge < -0.3 is 52.2 Å². The first-order chi connectivity index (χ1) is 40.4. The molecule has 0 spiro atoms. The number of rotatable bonds is 26. The number of para-hydroxylation sites is 3. The number of nitrogens with one attached hydrogen (secondary N) is 2. The normalized spacial score (nSPS) is 17.7. The average molecular weight is 1140 g/mol. The van der Waals surface area contributed by atoms with E-state index in [0.717, 1.165) is 27.9 Å². The van der Waals surface area contributed by atoms with E-state index in [1.807, 2.05) is 103 Å². The van der Waals surface area contributed by atoms with Gasteiger partial charge >= 0.3 is 0 Å². The van der Waals surface area contributed by atoms with Gasteiger partial charge in [-0.1, -0.05) is 123 Å². The first-order valence-electron chi connectivity index (χ1n) is 27.3. The Morgan fingerprint density at radius 1 is 0.747 bits per heavy atom. The van der Waals surface area contributed by atoms with Crippen molar-refractivity contribution in [3.63, 3.8) is 0 Å². The van der Waals surface area contributed by atoms with Crippen molar-refractivity contribution < 1.29 is 51.8 Å². The highest BCUT2D eigenvalue weighted by atomic mass is 31.2. The molecule has 10 rings (SSSR count). The fraction of sp³-hybridized carbons (Fsp3) is 0.302. The lowest BCUT2D eigenvalue weighted by molar-refractivity contribution is -0.201. The number of hydrogen-bond acceptors (Lipinski definition) is 16. The number of nitrogens with zero attached hydrogens (tertiary/aromatic N) is 6. The monoisotopic (exact) mass is 1140 g/mol. The summed E-state index contributed by atoms with van der Waals surface area (Å²) in [5, 5.41) is 15.4. The first kappa shape index (κ1) is 57.8. The molecule has 83 heavy (non-hydrogen) atoms. The molecular formula is C63H65N8O11P. The second kappa shape index (κ2) is 26.2. The summed E-state index contributed by atoms with van der Waals surface area (Å²) in [6.45, 7) is 7.65. The van der Waals surface area contributed by atoms with Crippen molar-refractivity contribution in [2.75, 3.05) is 62.6 Å². The van der Waals surface area contributed by atoms with E-state index in [4.69, 9.17) is 52.2 Å². The van der Waals surface area contributed by atoms with Gasteiger partial charge in [0, 0.05) is 11.7 Å². The van der Waals surface area contributed by atoms with Crippen LogP contribution in [0.3, 0.4) is 0 Å². The van der Waals surface area contributed by atoms with E-state index in [0.29, 0.717) is 23.0 Å². The number of fused-ring (bicyclic) bond motifs is 3. The van der Waals surface area contributed by atoms with Gasteiger partial charge in [0.15, 0.2) is 36.4 Å². The molecule has 2 N–H and O–H groups in total. The Morgan fingerprint density at radius 3 is 1.89 bits per heavy atom. The van der Waals surface area contributed by atoms with Gasteiger partial charge in [-0.25, -0.2) is 4.98 Å². The lowest BCUT2D eigenvalue weighted by Crippen LogP contribution is -2.49. The number of carbonyl (C=O) groups excluding carboxylic acids is 2. The molecule has 0 radical (unpaired) electrons. The predicted octanol–water partition coefficient (Wildman–Crippen LogP) is 11.1. The second-order valence-corrected chi connectivity index (χ2v) is 21.7. The zero-order valence-corrected chi connectivity index (χ0v) is 47.8. The van der Waals surface area contributed by atoms with Crippen molar-refractivity contribution in [1.82, 2.24) is 19.5 Å². The van der Waals surface area contributed by atoms with E-state index in [1.54, 1.807) is 67.3 Å². The molecule has 0 saturated carbocycles. The van der Waals surface area contributed by atoms with Crippen LogP contribution < -0.4 is 34.3 Å². The number of aromatic nitrogens is 4. The minimum absolute atomic E-state index is 0.00755. The third-order valence-corrected chi connectivity index (χ3v) is 16.0. The van der Waals surface area contributed by atoms with Gasteiger partial charge in [0.05, 0.1) is 52.9 Å². The van der Waals surface area contributed by atoms with Crippen LogP contribution in [0.5, 0.6) is 23.0 Å². The average Bonchev–Trinajstić information content (AvgIpc) is 2.28. The summed E-state index contributed by atoms with van der Waals surface area (Å²) in [5.74, 6) is 1.14. The fourth-order valence-corrected chi connectivity index (χ4v) is 12.0. The number of benzene rings is 6. The highest BCUT2D eigenvalue weighted by Crippen LogP contribution is 2.58. The lowest BCUT2D eigenvalue weighted by Gasteiger charge is -2.41. The second-order valence-electron chi connectivity index (χ2n) is 20.3. The maximum atomic E-state index is 13.7. The molecule has 1 unspecified atom stereocenters. The van der Waals surface area contributed by atoms with Crippen LogP contribution in [0.15, 0.2) is 170 Å². The number of anilines is 3. The molecule has 2 bridgehead atoms. The maximum absolute atomic E-state index is 13.7. The van der Waals surface area contributed by atoms with Crippen LogP contribution in [0.25, 0.3) is 11.2 Å². The molecule has 2 aromatic heterocycles. The largest absolute Gasteiger partial charge is 0.497 e. The third kappa shape index (κ3) is 12.6. The van der Waals surface area contributed by atoms with Crippen LogP contribution in [0.1, 0.15) is 68.5 Å². The SMILES string of the molecule is COc1ccc(C(OC[C@@]23CO[C@@H]([C@H](n4cnc5c(NC(=O)COc6ccccc6)nc(NC(=O)COc6ccccc6)nc54)O2)[C@@H]3OP(OCCC#N)N(c2ccccc2C(C)C)C(C)C)(c2ccccc2)c2ccc(OC)cc2)cc1. The summed E-state index contributed by atoms with van der Waals surface area (Å²) in [5.41, 5.74) is 2.04. The van der Waals surface area contributed by atoms with Gasteiger partial charge in [0.25, 0.3) is 20.3 Å². The zero-order chi connectivity index (χ0) is 57.9. The van der Waals surface area contributed by atoms with Crippen molar-refractivity contribution in [1.29, 1.82) is 5.26 Å². The van der Waals surface area contributed by atoms with Crippen LogP contribution in [0, 0.1) is 11.3 Å². The van der Waals surface area contributed by atoms with Crippen LogP contribution in [0.4, 0.5) is 17.5 Å². The number of hydrogen-bond donors (Lipinski definition) is 2. The zero-order valence-electron chi connectivity index (χ0n) is 46.9. The number of carbonyl (C=O) groups is 2. The van der Waals surface area contributed by atoms with Crippen molar-refractivity contribution in [3.8, 4) is 29.1 Å². The summed E-state index contributed by atoms with van der Waals surface area (Å²) in [4.78, 5) is 41.5. The first-order valence-corrected chi connectivity index (χ1v) is 28.4. The van der Waals surface area contributed by atoms with E-state index < -0.39 is 50.0 Å². The lowest BCUT2D eigenvalue weighted by atomic mass is 9.79. The molecule has 2 saturated heterocycles. The molecule has 4 heterocycles. The molecule has 19 nitrogen and oxygen atoms in total. The van der Waals surface area contributed by atoms with Crippen molar-refractivity contribution >= 4 is 49.0 Å². The number of amides is 2. The quantitative estimate of drug-likeness (QED) is 0.0293. The van der Waals surface area contributed by atoms with E-state index in [1.165, 1.54) is 6.33 Å². The molecule has 6 aromatic carbocycles. The van der Waals surface area contributed by atoms with Gasteiger partial charge in [-0.3, -0.25) is 19.5 Å². The van der Waals surface area contributed by atoms with Crippen molar-refractivity contribution in [2.24, 2.45) is 0 Å². The predicted molar refractivity (Wildman–Crippen MR) is 313 cm³/mol. The number of methoxy groups -OCH3 is 2. The summed E-state index contributed by atoms with van der Waals surface area (Å²) in [6.07, 6.45) is -1.24. The van der Waals surface area contributed by atoms with Crippen LogP contribution in [0.2, 0.25) is 0 Å². The van der Waals surface area contributed by atoms with Crippen LogP contribution in [-0.4, -0.2) is 102 Å². The van der Waals surface area contributed by atoms with Crippen LogP contribution in [-0.2, 0) is 38.4 Å². The molecule has 2 amide bonds. The molecular weight excluding hydrogens is 1080 g/mol. The summed E-state index contributed by atoms with van der Waals surface area (Å²) >= 11 is 0. The van der Waals surface area contributed by atoms with Crippen molar-refractivity contribution in [3.05, 3.63) is 192 Å². The van der Waals surface area contributed by atoms with Gasteiger partial charge in [-0.05, 0) is 96.6 Å². The van der Waals surface area contributed by atoms with E-state index in [-0.39, 0.29) is 74.3 Å². The Balaban J connectivity index is 1.09. The number of nitriles is 1. The summed E-state index contributed by atoms with van der Waals surface area (Å²) < 4.78 is 63.0. The van der Waals surface area contributed by atoms with Gasteiger partial charge in [-0.2, -0.15) is 15.2 Å². The van der Waals surface area contributed by atoms with E-state index in [9.17, 15) is 14.9 Å². The minimum Gasteiger partial charge on any atom is -0.497 e. The number of imidazole rings is 1. The van der Waals surface area contributed by atoms with E-state index >= 15 is 0 Å². The highest BCUT2D eigenvalue weighted by molar-refractivity contribution is 7.49. The van der Waals surface area contributed by atoms with E-state index in [2.05, 4.69) is 66.2 Å². The summed E-state index contributed by atoms with van der Waals surface area (Å²) in [7, 11) is 1.20. The highest BCUT2D eigenvalue weighted by Gasteiger charge is 2.65. The Bertz CT molecular complexity index is 3450. The topological polar surface area (TPSA) is 212 Å². The molecule has 428 valence electrons. The standard InChI is InChI=1S/C63H65N8O11P/c1-42(2)51-25-16-17-26-52(51)71(43(3)4)83(80-36-18-35-64)82-57-56-60(81-62(57,39-78-56)40-79-63(44-19-10-7-11-20-44,45-27-31-47(74-5)32-28-45)46-29-33-48(75-6)34-30-46)70-41-65-55-58(66-53(72)37-76-49-21-12-8-13-22-49)68-61(69-59(55)70)67-54(73)38-77-50-23-14-9-15-24-50/h7-17,19-34,41-43,56-57,60H,18,36-40H2,1-6H3,(H2,66,67,68,69,72,73)/t56-,57+,60-,62-,83?/m1/s1. The van der Waals surface area contributed by atoms with Crippen LogP contribution >= 0.6 is 8.53 Å². The Labute approximate surface area is 483 Å². The third-order valence-electron chi connectivity index (χ3n) is 14.2. The Morgan fingerprint density at radius 2 is 1.31 bits per heavy atom. The molecule has 2 fully saturated rings. The maximum Gasteiger partial charge on any atom is 0.290 e. The molecule has 0 aliphatic carbocycles. The molecule has 8 aromatic rings. The number of ether oxygens (including phenoxy) is 7. The van der Waals surface area contributed by atoms with Gasteiger partial charge in [0.1, 0.15) is 46.4 Å². The Kier molecular flexibility index (Phi) is 18.2. The molecule has 2 aliphatic rings. The fourth-order valence-electron chi connectivity index (χ4n) is 10.2. The Hall–Kier alpha value is -8.47. The molecule has 2 aliphatic heterocycles. The van der Waals surface area contributed by atoms with Gasteiger partial charge in [0.2, 0.25) is 5.95 Å². The molecule has 5 atom stereocenters. The summed E-state index contributed by atoms with van der Waals surface area (Å²) in [6, 6.07) is 53.5. The molecule has 20 heteroatoms. The smallest absolute Gasteiger partial charge is 0.290 e. The van der Waals surface area contributed by atoms with Gasteiger partial charge in [-0.15, -0.1) is 0 Å². The van der Waals surface area contributed by atoms with Crippen molar-refractivity contribution in [2.45, 2.75) is 75.7 Å². The minimum atomic E-state index is -2.04.